The molecule has 1 aromatic carbocycles. The van der Waals surface area contributed by atoms with E-state index >= 15 is 0 Å². The molecule has 0 spiro atoms. The first-order chi connectivity index (χ1) is 6.56. The molecule has 0 aliphatic heterocycles. The van der Waals surface area contributed by atoms with Crippen molar-refractivity contribution in [1.29, 1.82) is 0 Å². The Hall–Kier alpha value is -0.540. The van der Waals surface area contributed by atoms with E-state index in [4.69, 9.17) is 16.3 Å². The first-order valence-electron chi connectivity index (χ1n) is 4.04. The predicted octanol–water partition coefficient (Wildman–Crippen LogP) is 3.33. The van der Waals surface area contributed by atoms with E-state index in [0.29, 0.717) is 5.75 Å². The van der Waals surface area contributed by atoms with Crippen LogP contribution in [0.15, 0.2) is 22.7 Å². The van der Waals surface area contributed by atoms with Crippen LogP contribution in [0.2, 0.25) is 0 Å². The summed E-state index contributed by atoms with van der Waals surface area (Å²) in [6.07, 6.45) is 0. The van der Waals surface area contributed by atoms with Gasteiger partial charge in [0.15, 0.2) is 5.78 Å². The molecule has 4 heteroatoms. The third-order valence-electron chi connectivity index (χ3n) is 1.82. The number of carbonyl (C=O) groups is 1. The first kappa shape index (κ1) is 11.5. The minimum atomic E-state index is -0.600. The maximum Gasteiger partial charge on any atom is 0.152 e. The Kier molecular flexibility index (Phi) is 3.96. The summed E-state index contributed by atoms with van der Waals surface area (Å²) >= 11 is 9.23. The van der Waals surface area contributed by atoms with E-state index in [0.717, 1.165) is 10.0 Å². The zero-order valence-electron chi connectivity index (χ0n) is 7.88. The maximum absolute atomic E-state index is 11.0. The monoisotopic (exact) mass is 276 g/mol. The molecule has 1 aromatic rings. The van der Waals surface area contributed by atoms with Gasteiger partial charge in [0, 0.05) is 0 Å². The highest BCUT2D eigenvalue weighted by Gasteiger charge is 2.14. The van der Waals surface area contributed by atoms with E-state index in [1.807, 2.05) is 6.07 Å². The molecule has 0 saturated heterocycles. The number of alkyl halides is 1. The molecule has 0 aliphatic carbocycles. The maximum atomic E-state index is 11.0. The topological polar surface area (TPSA) is 26.3 Å². The van der Waals surface area contributed by atoms with Crippen molar-refractivity contribution < 1.29 is 9.53 Å². The number of halogens is 2. The van der Waals surface area contributed by atoms with Gasteiger partial charge in [-0.05, 0) is 40.5 Å². The Labute approximate surface area is 96.3 Å². The van der Waals surface area contributed by atoms with Crippen LogP contribution in [-0.4, -0.2) is 12.9 Å². The van der Waals surface area contributed by atoms with Crippen LogP contribution in [0.25, 0.3) is 0 Å². The molecule has 1 atom stereocenters. The second kappa shape index (κ2) is 4.80. The fourth-order valence-electron chi connectivity index (χ4n) is 1.07. The highest BCUT2D eigenvalue weighted by molar-refractivity contribution is 9.10. The summed E-state index contributed by atoms with van der Waals surface area (Å²) in [7, 11) is 1.57. The highest BCUT2D eigenvalue weighted by atomic mass is 79.9. The second-order valence-corrected chi connectivity index (χ2v) is 4.16. The molecule has 2 nitrogen and oxygen atoms in total. The van der Waals surface area contributed by atoms with E-state index in [2.05, 4.69) is 15.9 Å². The summed E-state index contributed by atoms with van der Waals surface area (Å²) in [5.74, 6) is 0.602. The summed E-state index contributed by atoms with van der Waals surface area (Å²) in [6, 6.07) is 5.36. The number of benzene rings is 1. The van der Waals surface area contributed by atoms with Gasteiger partial charge in [0.2, 0.25) is 0 Å². The first-order valence-corrected chi connectivity index (χ1v) is 5.27. The number of hydrogen-bond donors (Lipinski definition) is 0. The van der Waals surface area contributed by atoms with Crippen LogP contribution >= 0.6 is 27.5 Å². The number of carbonyl (C=O) groups excluding carboxylic acids is 1. The van der Waals surface area contributed by atoms with Crippen molar-refractivity contribution in [2.75, 3.05) is 7.11 Å². The number of ether oxygens (including phenoxy) is 1. The minimum Gasteiger partial charge on any atom is -0.496 e. The number of hydrogen-bond acceptors (Lipinski definition) is 2. The van der Waals surface area contributed by atoms with Crippen molar-refractivity contribution >= 4 is 33.3 Å². The molecule has 0 aromatic heterocycles. The van der Waals surface area contributed by atoms with Crippen LogP contribution < -0.4 is 4.74 Å². The van der Waals surface area contributed by atoms with Gasteiger partial charge in [0.1, 0.15) is 11.1 Å². The van der Waals surface area contributed by atoms with Gasteiger partial charge in [-0.2, -0.15) is 0 Å². The number of rotatable bonds is 3. The summed E-state index contributed by atoms with van der Waals surface area (Å²) < 4.78 is 5.94. The van der Waals surface area contributed by atoms with E-state index in [1.165, 1.54) is 6.92 Å². The molecule has 0 heterocycles. The second-order valence-electron chi connectivity index (χ2n) is 2.87. The minimum absolute atomic E-state index is 0.0731. The van der Waals surface area contributed by atoms with Crippen molar-refractivity contribution in [1.82, 2.24) is 0 Å². The van der Waals surface area contributed by atoms with Crippen LogP contribution in [-0.2, 0) is 4.79 Å². The molecule has 0 N–H and O–H groups in total. The molecule has 76 valence electrons. The lowest BCUT2D eigenvalue weighted by atomic mass is 10.1. The summed E-state index contributed by atoms with van der Waals surface area (Å²) in [6.45, 7) is 1.46. The molecule has 1 rings (SSSR count). The highest BCUT2D eigenvalue weighted by Crippen LogP contribution is 2.30. The number of ketones is 1. The van der Waals surface area contributed by atoms with E-state index < -0.39 is 5.38 Å². The number of methoxy groups -OCH3 is 1. The third kappa shape index (κ3) is 2.49. The van der Waals surface area contributed by atoms with Crippen LogP contribution in [0.4, 0.5) is 0 Å². The molecule has 0 saturated carbocycles. The lowest BCUT2D eigenvalue weighted by Gasteiger charge is -2.09. The van der Waals surface area contributed by atoms with Gasteiger partial charge in [-0.15, -0.1) is 11.6 Å². The summed E-state index contributed by atoms with van der Waals surface area (Å²) in [4.78, 5) is 11.0. The molecule has 1 unspecified atom stereocenters. The van der Waals surface area contributed by atoms with Crippen molar-refractivity contribution in [2.24, 2.45) is 0 Å². The van der Waals surface area contributed by atoms with Crippen LogP contribution in [0.1, 0.15) is 17.9 Å². The SMILES string of the molecule is COc1cc(C(Cl)C(C)=O)ccc1Br. The zero-order valence-corrected chi connectivity index (χ0v) is 10.2. The Bertz CT molecular complexity index is 352. The van der Waals surface area contributed by atoms with Gasteiger partial charge in [-0.1, -0.05) is 6.07 Å². The van der Waals surface area contributed by atoms with E-state index in [1.54, 1.807) is 19.2 Å². The molecule has 14 heavy (non-hydrogen) atoms. The molecule has 0 bridgehead atoms. The van der Waals surface area contributed by atoms with E-state index in [9.17, 15) is 4.79 Å². The van der Waals surface area contributed by atoms with Crippen LogP contribution in [0.5, 0.6) is 5.75 Å². The number of Topliss-reactive ketones (excluding diaryl/α,β-unsaturated/α-hetero) is 1. The summed E-state index contributed by atoms with van der Waals surface area (Å²) in [5.41, 5.74) is 0.749. The molecule has 0 aliphatic rings. The van der Waals surface area contributed by atoms with Gasteiger partial charge in [0.25, 0.3) is 0 Å². The average Bonchev–Trinajstić information content (AvgIpc) is 2.17. The fraction of sp³-hybridized carbons (Fsp3) is 0.300. The summed E-state index contributed by atoms with van der Waals surface area (Å²) in [5, 5.41) is -0.600. The van der Waals surface area contributed by atoms with Gasteiger partial charge in [-0.3, -0.25) is 4.79 Å². The van der Waals surface area contributed by atoms with Gasteiger partial charge in [-0.25, -0.2) is 0 Å². The molecule has 0 amide bonds. The Morgan fingerprint density at radius 2 is 2.21 bits per heavy atom. The quantitative estimate of drug-likeness (QED) is 0.792. The van der Waals surface area contributed by atoms with E-state index in [-0.39, 0.29) is 5.78 Å². The van der Waals surface area contributed by atoms with Gasteiger partial charge >= 0.3 is 0 Å². The standard InChI is InChI=1S/C10H10BrClO2/c1-6(13)10(12)7-3-4-8(11)9(5-7)14-2/h3-5,10H,1-2H3. The Balaban J connectivity index is 3.06. The lowest BCUT2D eigenvalue weighted by Crippen LogP contribution is -2.01. The molecule has 0 fully saturated rings. The lowest BCUT2D eigenvalue weighted by molar-refractivity contribution is -0.116. The zero-order chi connectivity index (χ0) is 10.7. The Morgan fingerprint density at radius 3 is 2.71 bits per heavy atom. The van der Waals surface area contributed by atoms with Crippen molar-refractivity contribution in [3.8, 4) is 5.75 Å². The van der Waals surface area contributed by atoms with Gasteiger partial charge in [0.05, 0.1) is 11.6 Å². The van der Waals surface area contributed by atoms with Crippen molar-refractivity contribution in [3.63, 3.8) is 0 Å². The van der Waals surface area contributed by atoms with Crippen LogP contribution in [0.3, 0.4) is 0 Å². The van der Waals surface area contributed by atoms with Crippen molar-refractivity contribution in [3.05, 3.63) is 28.2 Å². The Morgan fingerprint density at radius 1 is 1.57 bits per heavy atom. The third-order valence-corrected chi connectivity index (χ3v) is 3.04. The fourth-order valence-corrected chi connectivity index (χ4v) is 1.61. The molecule has 0 radical (unpaired) electrons. The molecular weight excluding hydrogens is 267 g/mol. The van der Waals surface area contributed by atoms with Crippen LogP contribution in [0, 0.1) is 0 Å². The van der Waals surface area contributed by atoms with Crippen molar-refractivity contribution in [2.45, 2.75) is 12.3 Å². The molecular formula is C10H10BrClO2. The smallest absolute Gasteiger partial charge is 0.152 e. The normalized spacial score (nSPS) is 12.3. The van der Waals surface area contributed by atoms with Gasteiger partial charge < -0.3 is 4.74 Å². The predicted molar refractivity (Wildman–Crippen MR) is 60.0 cm³/mol. The largest absolute Gasteiger partial charge is 0.496 e. The average molecular weight is 278 g/mol.